The van der Waals surface area contributed by atoms with Gasteiger partial charge in [-0.2, -0.15) is 36.3 Å². The van der Waals surface area contributed by atoms with Crippen LogP contribution in [0, 0.1) is 23.0 Å². The number of halogens is 9. The van der Waals surface area contributed by atoms with Gasteiger partial charge in [-0.3, -0.25) is 0 Å². The van der Waals surface area contributed by atoms with Gasteiger partial charge >= 0.3 is 18.4 Å². The number of nitrogens with one attached hydrogen (secondary N) is 1. The van der Waals surface area contributed by atoms with Crippen LogP contribution in [-0.2, 0) is 6.18 Å². The van der Waals surface area contributed by atoms with Crippen molar-refractivity contribution >= 4 is 54.7 Å². The Hall–Kier alpha value is -3.21. The standard InChI is InChI=1S/C34H33ClF8N6OS/c35-21-11-20-27(26(37)23(21)19-3-4-22(36)28-24(19)25(29(44)51-28)34(41,42)43)46-31(47-30(20)49-12-17-1-2-18(13-49)45-17)50-15-32(7-8-32)14-48-9-5-16(6-10-48)33(38,39)40/h3-4,11,16-18,45H,1-2,5-10,12-15,44H2. The zero-order chi connectivity index (χ0) is 36.0. The first-order valence-electron chi connectivity index (χ1n) is 16.8. The Morgan fingerprint density at radius 2 is 1.69 bits per heavy atom. The predicted molar refractivity (Wildman–Crippen MR) is 179 cm³/mol. The zero-order valence-electron chi connectivity index (χ0n) is 27.0. The maximum atomic E-state index is 16.9. The number of hydrogen-bond donors (Lipinski definition) is 2. The van der Waals surface area contributed by atoms with E-state index in [1.165, 1.54) is 6.07 Å². The molecule has 3 aliphatic heterocycles. The Labute approximate surface area is 296 Å². The minimum Gasteiger partial charge on any atom is -0.463 e. The van der Waals surface area contributed by atoms with Crippen molar-refractivity contribution in [1.29, 1.82) is 0 Å². The van der Waals surface area contributed by atoms with E-state index in [0.29, 0.717) is 49.9 Å². The number of likely N-dealkylation sites (tertiary alicyclic amines) is 1. The second-order valence-electron chi connectivity index (χ2n) is 14.3. The molecule has 2 aromatic heterocycles. The molecular weight excluding hydrogens is 728 g/mol. The number of nitrogen functional groups attached to an aromatic ring is 1. The lowest BCUT2D eigenvalue weighted by molar-refractivity contribution is -0.185. The number of hydrogen-bond acceptors (Lipinski definition) is 8. The Balaban J connectivity index is 1.17. The van der Waals surface area contributed by atoms with Crippen molar-refractivity contribution in [3.05, 3.63) is 40.4 Å². The molecule has 51 heavy (non-hydrogen) atoms. The lowest BCUT2D eigenvalue weighted by atomic mass is 9.95. The number of fused-ring (bicyclic) bond motifs is 4. The summed E-state index contributed by atoms with van der Waals surface area (Å²) in [6, 6.07) is 3.63. The van der Waals surface area contributed by atoms with Gasteiger partial charge in [0.2, 0.25) is 0 Å². The average molecular weight is 761 g/mol. The lowest BCUT2D eigenvalue weighted by Gasteiger charge is -2.35. The summed E-state index contributed by atoms with van der Waals surface area (Å²) in [6.07, 6.45) is -5.63. The van der Waals surface area contributed by atoms with Crippen LogP contribution in [0.2, 0.25) is 5.02 Å². The molecule has 2 aromatic carbocycles. The van der Waals surface area contributed by atoms with Crippen LogP contribution < -0.4 is 20.7 Å². The van der Waals surface area contributed by atoms with E-state index in [1.807, 2.05) is 9.80 Å². The minimum atomic E-state index is -4.96. The molecule has 3 N–H and O–H groups in total. The van der Waals surface area contributed by atoms with E-state index in [9.17, 15) is 30.7 Å². The number of benzene rings is 2. The van der Waals surface area contributed by atoms with Crippen LogP contribution >= 0.6 is 22.9 Å². The second-order valence-corrected chi connectivity index (χ2v) is 15.8. The second kappa shape index (κ2) is 12.4. The van der Waals surface area contributed by atoms with Crippen LogP contribution in [0.3, 0.4) is 0 Å². The number of nitrogens with zero attached hydrogens (tertiary/aromatic N) is 4. The van der Waals surface area contributed by atoms with Gasteiger partial charge in [-0.25, -0.2) is 8.78 Å². The Morgan fingerprint density at radius 1 is 1.00 bits per heavy atom. The van der Waals surface area contributed by atoms with Crippen LogP contribution in [0.4, 0.5) is 45.9 Å². The molecule has 1 saturated carbocycles. The molecule has 3 saturated heterocycles. The predicted octanol–water partition coefficient (Wildman–Crippen LogP) is 8.42. The SMILES string of the molecule is Nc1sc2c(F)ccc(-c3c(Cl)cc4c(N5CC6CCC(C5)N6)nc(OCC5(CN6CCC(C(F)(F)F)CC6)CC5)nc4c3F)c2c1C(F)(F)F. The highest BCUT2D eigenvalue weighted by molar-refractivity contribution is 7.23. The summed E-state index contributed by atoms with van der Waals surface area (Å²) in [7, 11) is 0. The monoisotopic (exact) mass is 760 g/mol. The smallest absolute Gasteiger partial charge is 0.419 e. The molecule has 274 valence electrons. The minimum absolute atomic E-state index is 0.0389. The number of anilines is 2. The summed E-state index contributed by atoms with van der Waals surface area (Å²) in [5.41, 5.74) is 3.23. The summed E-state index contributed by atoms with van der Waals surface area (Å²) in [5.74, 6) is -2.91. The Morgan fingerprint density at radius 3 is 2.31 bits per heavy atom. The summed E-state index contributed by atoms with van der Waals surface area (Å²) in [4.78, 5) is 13.2. The van der Waals surface area contributed by atoms with Crippen LogP contribution in [0.1, 0.15) is 44.1 Å². The lowest BCUT2D eigenvalue weighted by Crippen LogP contribution is -2.51. The number of nitrogens with two attached hydrogens (primary N) is 1. The van der Waals surface area contributed by atoms with E-state index in [4.69, 9.17) is 27.1 Å². The van der Waals surface area contributed by atoms with Crippen molar-refractivity contribution in [2.24, 2.45) is 11.3 Å². The van der Waals surface area contributed by atoms with Gasteiger partial charge in [-0.05, 0) is 69.3 Å². The van der Waals surface area contributed by atoms with Crippen LogP contribution in [0.5, 0.6) is 6.01 Å². The molecule has 17 heteroatoms. The molecule has 7 nitrogen and oxygen atoms in total. The zero-order valence-corrected chi connectivity index (χ0v) is 28.6. The molecule has 4 fully saturated rings. The van der Waals surface area contributed by atoms with Crippen molar-refractivity contribution in [2.75, 3.05) is 50.0 Å². The van der Waals surface area contributed by atoms with Gasteiger partial charge in [0.1, 0.15) is 17.2 Å². The number of piperazine rings is 1. The van der Waals surface area contributed by atoms with Crippen molar-refractivity contribution in [2.45, 2.75) is 63.0 Å². The van der Waals surface area contributed by atoms with E-state index in [0.717, 1.165) is 37.8 Å². The highest BCUT2D eigenvalue weighted by atomic mass is 35.5. The molecule has 4 aliphatic rings. The molecule has 5 heterocycles. The maximum absolute atomic E-state index is 16.9. The molecule has 2 atom stereocenters. The van der Waals surface area contributed by atoms with Crippen molar-refractivity contribution < 1.29 is 39.9 Å². The molecule has 4 aromatic rings. The first-order chi connectivity index (χ1) is 24.1. The third-order valence-corrected chi connectivity index (χ3v) is 12.1. The van der Waals surface area contributed by atoms with Gasteiger partial charge < -0.3 is 25.6 Å². The molecule has 2 bridgehead atoms. The molecule has 8 rings (SSSR count). The number of rotatable bonds is 7. The van der Waals surface area contributed by atoms with Gasteiger partial charge in [-0.1, -0.05) is 17.7 Å². The van der Waals surface area contributed by atoms with Gasteiger partial charge in [-0.15, -0.1) is 11.3 Å². The van der Waals surface area contributed by atoms with Gasteiger partial charge in [0.05, 0.1) is 32.8 Å². The number of thiophene rings is 1. The fraction of sp³-hybridized carbons (Fsp3) is 0.529. The molecule has 0 spiro atoms. The molecule has 2 unspecified atom stereocenters. The van der Waals surface area contributed by atoms with E-state index in [2.05, 4.69) is 10.3 Å². The van der Waals surface area contributed by atoms with Crippen molar-refractivity contribution in [3.8, 4) is 17.1 Å². The molecule has 1 aliphatic carbocycles. The van der Waals surface area contributed by atoms with Crippen LogP contribution in [0.15, 0.2) is 18.2 Å². The third kappa shape index (κ3) is 6.43. The third-order valence-electron chi connectivity index (χ3n) is 10.8. The molecule has 0 radical (unpaired) electrons. The van der Waals surface area contributed by atoms with Gasteiger partial charge in [0.25, 0.3) is 0 Å². The number of alkyl halides is 6. The summed E-state index contributed by atoms with van der Waals surface area (Å²) in [6.45, 7) is 2.45. The Bertz CT molecular complexity index is 2000. The van der Waals surface area contributed by atoms with E-state index in [1.54, 1.807) is 0 Å². The fourth-order valence-corrected chi connectivity index (χ4v) is 9.31. The highest BCUT2D eigenvalue weighted by Gasteiger charge is 2.47. The van der Waals surface area contributed by atoms with Crippen LogP contribution in [0.25, 0.3) is 32.1 Å². The van der Waals surface area contributed by atoms with Gasteiger partial charge in [0, 0.05) is 53.5 Å². The van der Waals surface area contributed by atoms with Crippen LogP contribution in [-0.4, -0.2) is 72.5 Å². The van der Waals surface area contributed by atoms with E-state index < -0.39 is 51.4 Å². The normalized spacial score (nSPS) is 22.7. The average Bonchev–Trinajstić information content (AvgIpc) is 3.60. The number of aromatic nitrogens is 2. The summed E-state index contributed by atoms with van der Waals surface area (Å²) < 4.78 is 120. The van der Waals surface area contributed by atoms with E-state index >= 15 is 4.39 Å². The quantitative estimate of drug-likeness (QED) is 0.183. The highest BCUT2D eigenvalue weighted by Crippen LogP contribution is 2.51. The van der Waals surface area contributed by atoms with Gasteiger partial charge in [0.15, 0.2) is 5.82 Å². The molecule has 0 amide bonds. The first kappa shape index (κ1) is 34.9. The molecular formula is C34H33ClF8N6OS. The fourth-order valence-electron chi connectivity index (χ4n) is 8.00. The topological polar surface area (TPSA) is 79.5 Å². The first-order valence-corrected chi connectivity index (χ1v) is 18.0. The van der Waals surface area contributed by atoms with E-state index in [-0.39, 0.29) is 69.1 Å². The summed E-state index contributed by atoms with van der Waals surface area (Å²) >= 11 is 7.13. The van der Waals surface area contributed by atoms with Crippen molar-refractivity contribution in [3.63, 3.8) is 0 Å². The summed E-state index contributed by atoms with van der Waals surface area (Å²) in [5, 5.41) is 2.31. The maximum Gasteiger partial charge on any atom is 0.419 e. The van der Waals surface area contributed by atoms with Crippen molar-refractivity contribution in [1.82, 2.24) is 20.2 Å². The number of ether oxygens (including phenoxy) is 1. The Kier molecular flexibility index (Phi) is 8.50. The number of piperidine rings is 1. The largest absolute Gasteiger partial charge is 0.463 e.